The standard InChI is InChI=1S/C16H17FN4O2S/c1-10-18-8-14(24-10)15(22)21-7-6-13(9-21)20-16(23)19-12-4-2-11(17)3-5-12/h2-5,8,13H,6-7,9H2,1H3,(H2,19,20,23). The van der Waals surface area contributed by atoms with Crippen LogP contribution in [0, 0.1) is 12.7 Å². The lowest BCUT2D eigenvalue weighted by Gasteiger charge is -2.16. The number of carbonyl (C=O) groups is 2. The van der Waals surface area contributed by atoms with Gasteiger partial charge < -0.3 is 15.5 Å². The molecule has 1 unspecified atom stereocenters. The molecule has 0 bridgehead atoms. The number of aryl methyl sites for hydroxylation is 1. The van der Waals surface area contributed by atoms with E-state index in [4.69, 9.17) is 0 Å². The van der Waals surface area contributed by atoms with Gasteiger partial charge in [-0.2, -0.15) is 0 Å². The van der Waals surface area contributed by atoms with E-state index in [1.54, 1.807) is 11.1 Å². The van der Waals surface area contributed by atoms with E-state index in [1.165, 1.54) is 35.6 Å². The lowest BCUT2D eigenvalue weighted by Crippen LogP contribution is -2.40. The number of aromatic nitrogens is 1. The topological polar surface area (TPSA) is 74.3 Å². The molecule has 0 spiro atoms. The largest absolute Gasteiger partial charge is 0.336 e. The van der Waals surface area contributed by atoms with E-state index >= 15 is 0 Å². The summed E-state index contributed by atoms with van der Waals surface area (Å²) >= 11 is 1.37. The molecule has 6 nitrogen and oxygen atoms in total. The zero-order chi connectivity index (χ0) is 17.1. The maximum Gasteiger partial charge on any atom is 0.319 e. The normalized spacial score (nSPS) is 16.9. The summed E-state index contributed by atoms with van der Waals surface area (Å²) in [5.41, 5.74) is 0.514. The van der Waals surface area contributed by atoms with Gasteiger partial charge >= 0.3 is 6.03 Å². The zero-order valence-electron chi connectivity index (χ0n) is 13.1. The third-order valence-corrected chi connectivity index (χ3v) is 4.65. The van der Waals surface area contributed by atoms with Crippen molar-refractivity contribution in [1.82, 2.24) is 15.2 Å². The van der Waals surface area contributed by atoms with E-state index in [0.29, 0.717) is 30.1 Å². The van der Waals surface area contributed by atoms with Crippen molar-refractivity contribution in [3.05, 3.63) is 46.2 Å². The van der Waals surface area contributed by atoms with Gasteiger partial charge in [0.05, 0.1) is 11.2 Å². The van der Waals surface area contributed by atoms with Gasteiger partial charge in [-0.1, -0.05) is 0 Å². The molecule has 2 aromatic rings. The Morgan fingerprint density at radius 2 is 2.08 bits per heavy atom. The second kappa shape index (κ2) is 6.96. The molecule has 8 heteroatoms. The number of hydrogen-bond acceptors (Lipinski definition) is 4. The predicted molar refractivity (Wildman–Crippen MR) is 89.7 cm³/mol. The van der Waals surface area contributed by atoms with Crippen molar-refractivity contribution in [3.8, 4) is 0 Å². The Labute approximate surface area is 142 Å². The molecule has 2 heterocycles. The van der Waals surface area contributed by atoms with E-state index in [1.807, 2.05) is 6.92 Å². The van der Waals surface area contributed by atoms with Crippen molar-refractivity contribution in [2.45, 2.75) is 19.4 Å². The lowest BCUT2D eigenvalue weighted by molar-refractivity contribution is 0.0794. The Bertz CT molecular complexity index is 747. The number of anilines is 1. The molecule has 0 aliphatic carbocycles. The summed E-state index contributed by atoms with van der Waals surface area (Å²) in [5, 5.41) is 6.33. The lowest BCUT2D eigenvalue weighted by atomic mass is 10.3. The predicted octanol–water partition coefficient (Wildman–Crippen LogP) is 2.63. The highest BCUT2D eigenvalue weighted by Gasteiger charge is 2.28. The third kappa shape index (κ3) is 3.88. The molecule has 1 aliphatic rings. The molecule has 0 saturated carbocycles. The first-order valence-electron chi connectivity index (χ1n) is 7.56. The summed E-state index contributed by atoms with van der Waals surface area (Å²) in [5.74, 6) is -0.409. The first-order valence-corrected chi connectivity index (χ1v) is 8.38. The highest BCUT2D eigenvalue weighted by Crippen LogP contribution is 2.18. The molecule has 1 atom stereocenters. The maximum absolute atomic E-state index is 12.8. The number of benzene rings is 1. The number of rotatable bonds is 3. The fourth-order valence-corrected chi connectivity index (χ4v) is 3.31. The summed E-state index contributed by atoms with van der Waals surface area (Å²) < 4.78 is 12.8. The van der Waals surface area contributed by atoms with Crippen LogP contribution in [0.2, 0.25) is 0 Å². The molecule has 126 valence electrons. The molecular weight excluding hydrogens is 331 g/mol. The smallest absolute Gasteiger partial charge is 0.319 e. The zero-order valence-corrected chi connectivity index (χ0v) is 13.9. The van der Waals surface area contributed by atoms with Crippen LogP contribution in [0.15, 0.2) is 30.5 Å². The molecule has 3 rings (SSSR count). The fourth-order valence-electron chi connectivity index (χ4n) is 2.56. The Hall–Kier alpha value is -2.48. The number of urea groups is 1. The molecule has 0 radical (unpaired) electrons. The third-order valence-electron chi connectivity index (χ3n) is 3.74. The quantitative estimate of drug-likeness (QED) is 0.895. The van der Waals surface area contributed by atoms with Crippen molar-refractivity contribution in [3.63, 3.8) is 0 Å². The van der Waals surface area contributed by atoms with Gasteiger partial charge in [-0.25, -0.2) is 14.2 Å². The number of nitrogens with one attached hydrogen (secondary N) is 2. The molecule has 1 aromatic carbocycles. The first-order chi connectivity index (χ1) is 11.5. The molecule has 2 N–H and O–H groups in total. The van der Waals surface area contributed by atoms with Crippen LogP contribution in [0.5, 0.6) is 0 Å². The van der Waals surface area contributed by atoms with Gasteiger partial charge in [0, 0.05) is 24.8 Å². The highest BCUT2D eigenvalue weighted by molar-refractivity contribution is 7.13. The van der Waals surface area contributed by atoms with Crippen LogP contribution >= 0.6 is 11.3 Å². The van der Waals surface area contributed by atoms with E-state index in [2.05, 4.69) is 15.6 Å². The number of hydrogen-bond donors (Lipinski definition) is 2. The van der Waals surface area contributed by atoms with Gasteiger partial charge in [-0.3, -0.25) is 4.79 Å². The summed E-state index contributed by atoms with van der Waals surface area (Å²) in [6, 6.07) is 5.07. The monoisotopic (exact) mass is 348 g/mol. The Balaban J connectivity index is 1.51. The number of thiazole rings is 1. The van der Waals surface area contributed by atoms with Crippen molar-refractivity contribution in [2.75, 3.05) is 18.4 Å². The maximum atomic E-state index is 12.8. The molecule has 1 saturated heterocycles. The number of carbonyl (C=O) groups excluding carboxylic acids is 2. The molecule has 3 amide bonds. The van der Waals surface area contributed by atoms with Gasteiger partial charge in [-0.05, 0) is 37.6 Å². The van der Waals surface area contributed by atoms with Crippen molar-refractivity contribution < 1.29 is 14.0 Å². The highest BCUT2D eigenvalue weighted by atomic mass is 32.1. The van der Waals surface area contributed by atoms with Gasteiger partial charge in [-0.15, -0.1) is 11.3 Å². The van der Waals surface area contributed by atoms with E-state index < -0.39 is 0 Å². The fraction of sp³-hybridized carbons (Fsp3) is 0.312. The minimum absolute atomic E-state index is 0.0520. The van der Waals surface area contributed by atoms with Crippen molar-refractivity contribution in [1.29, 1.82) is 0 Å². The van der Waals surface area contributed by atoms with Gasteiger partial charge in [0.25, 0.3) is 5.91 Å². The van der Waals surface area contributed by atoms with Crippen LogP contribution in [0.4, 0.5) is 14.9 Å². The number of likely N-dealkylation sites (tertiary alicyclic amines) is 1. The Morgan fingerprint density at radius 1 is 1.33 bits per heavy atom. The summed E-state index contributed by atoms with van der Waals surface area (Å²) in [6.07, 6.45) is 2.28. The molecular formula is C16H17FN4O2S. The summed E-state index contributed by atoms with van der Waals surface area (Å²) in [6.45, 7) is 2.92. The van der Waals surface area contributed by atoms with Crippen molar-refractivity contribution in [2.24, 2.45) is 0 Å². The molecule has 24 heavy (non-hydrogen) atoms. The SMILES string of the molecule is Cc1ncc(C(=O)N2CCC(NC(=O)Nc3ccc(F)cc3)C2)s1. The minimum atomic E-state index is -0.366. The molecule has 1 aromatic heterocycles. The van der Waals surface area contributed by atoms with Gasteiger partial charge in [0.15, 0.2) is 0 Å². The van der Waals surface area contributed by atoms with E-state index in [9.17, 15) is 14.0 Å². The van der Waals surface area contributed by atoms with Crippen molar-refractivity contribution >= 4 is 29.0 Å². The van der Waals surface area contributed by atoms with Crippen LogP contribution in [0.3, 0.4) is 0 Å². The molecule has 1 aliphatic heterocycles. The Morgan fingerprint density at radius 3 is 2.75 bits per heavy atom. The second-order valence-electron chi connectivity index (χ2n) is 5.59. The van der Waals surface area contributed by atoms with E-state index in [-0.39, 0.29) is 23.8 Å². The summed E-state index contributed by atoms with van der Waals surface area (Å²) in [7, 11) is 0. The van der Waals surface area contributed by atoms with Gasteiger partial charge in [0.1, 0.15) is 10.7 Å². The van der Waals surface area contributed by atoms with Crippen LogP contribution < -0.4 is 10.6 Å². The van der Waals surface area contributed by atoms with E-state index in [0.717, 1.165) is 5.01 Å². The number of nitrogens with zero attached hydrogens (tertiary/aromatic N) is 2. The van der Waals surface area contributed by atoms with Crippen LogP contribution in [-0.4, -0.2) is 41.0 Å². The second-order valence-corrected chi connectivity index (χ2v) is 6.82. The van der Waals surface area contributed by atoms with Crippen LogP contribution in [0.25, 0.3) is 0 Å². The van der Waals surface area contributed by atoms with Gasteiger partial charge in [0.2, 0.25) is 0 Å². The number of amides is 3. The van der Waals surface area contributed by atoms with Crippen LogP contribution in [0.1, 0.15) is 21.1 Å². The summed E-state index contributed by atoms with van der Waals surface area (Å²) in [4.78, 5) is 30.7. The first kappa shape index (κ1) is 16.4. The molecule has 1 fully saturated rings. The average molecular weight is 348 g/mol. The minimum Gasteiger partial charge on any atom is -0.336 e. The number of halogens is 1. The average Bonchev–Trinajstić information content (AvgIpc) is 3.18. The van der Waals surface area contributed by atoms with Crippen LogP contribution in [-0.2, 0) is 0 Å². The Kier molecular flexibility index (Phi) is 4.75.